The van der Waals surface area contributed by atoms with Crippen molar-refractivity contribution in [3.63, 3.8) is 0 Å². The summed E-state index contributed by atoms with van der Waals surface area (Å²) in [5, 5.41) is 10.9. The first-order valence-corrected chi connectivity index (χ1v) is 10.2. The lowest BCUT2D eigenvalue weighted by Gasteiger charge is -2.20. The number of benzene rings is 3. The van der Waals surface area contributed by atoms with E-state index >= 15 is 0 Å². The molecule has 164 valence electrons. The first-order valence-electron chi connectivity index (χ1n) is 9.83. The van der Waals surface area contributed by atoms with Crippen LogP contribution in [0.25, 0.3) is 11.1 Å². The van der Waals surface area contributed by atoms with E-state index in [-0.39, 0.29) is 12.5 Å². The van der Waals surface area contributed by atoms with Crippen LogP contribution < -0.4 is 5.32 Å². The summed E-state index contributed by atoms with van der Waals surface area (Å²) in [7, 11) is 0. The van der Waals surface area contributed by atoms with Crippen molar-refractivity contribution in [2.45, 2.75) is 18.4 Å². The van der Waals surface area contributed by atoms with E-state index < -0.39 is 46.7 Å². The maximum absolute atomic E-state index is 14.3. The highest BCUT2D eigenvalue weighted by atomic mass is 35.5. The van der Waals surface area contributed by atoms with Crippen molar-refractivity contribution < 1.29 is 28.2 Å². The number of carboxylic acid groups (broad SMARTS) is 1. The van der Waals surface area contributed by atoms with Gasteiger partial charge in [0.05, 0.1) is 17.5 Å². The standard InChI is InChI=1S/C24H18ClF2NO4/c25-23-19(27)10-9-18(26)22(23)20(11-21(29)30)28-24(31)32-12-17-15-7-3-1-5-13(15)14-6-2-4-8-16(14)17/h1-10,17,20H,11-12H2,(H,28,31)(H,29,30)/t20-/m0/s1. The van der Waals surface area contributed by atoms with Crippen molar-refractivity contribution in [2.24, 2.45) is 0 Å². The van der Waals surface area contributed by atoms with Gasteiger partial charge < -0.3 is 15.2 Å². The fourth-order valence-electron chi connectivity index (χ4n) is 4.04. The number of ether oxygens (including phenoxy) is 1. The van der Waals surface area contributed by atoms with Crippen LogP contribution in [0.3, 0.4) is 0 Å². The number of carboxylic acids is 1. The van der Waals surface area contributed by atoms with Crippen LogP contribution >= 0.6 is 11.6 Å². The number of alkyl carbamates (subject to hydrolysis) is 1. The van der Waals surface area contributed by atoms with Gasteiger partial charge in [0, 0.05) is 11.5 Å². The molecule has 0 saturated heterocycles. The highest BCUT2D eigenvalue weighted by molar-refractivity contribution is 6.31. The molecule has 0 spiro atoms. The topological polar surface area (TPSA) is 75.6 Å². The molecule has 4 rings (SSSR count). The lowest BCUT2D eigenvalue weighted by Crippen LogP contribution is -2.32. The van der Waals surface area contributed by atoms with Crippen molar-refractivity contribution >= 4 is 23.7 Å². The Balaban J connectivity index is 1.53. The molecule has 0 aliphatic heterocycles. The molecule has 3 aromatic carbocycles. The number of carbonyl (C=O) groups is 2. The summed E-state index contributed by atoms with van der Waals surface area (Å²) in [5.74, 6) is -3.39. The number of carbonyl (C=O) groups excluding carboxylic acids is 1. The molecule has 1 aliphatic rings. The van der Waals surface area contributed by atoms with Crippen molar-refractivity contribution in [1.29, 1.82) is 0 Å². The molecule has 1 aliphatic carbocycles. The third-order valence-electron chi connectivity index (χ3n) is 5.44. The van der Waals surface area contributed by atoms with Gasteiger partial charge in [-0.1, -0.05) is 60.1 Å². The number of rotatable bonds is 6. The van der Waals surface area contributed by atoms with Gasteiger partial charge in [-0.25, -0.2) is 13.6 Å². The van der Waals surface area contributed by atoms with E-state index in [9.17, 15) is 23.5 Å². The van der Waals surface area contributed by atoms with Crippen LogP contribution in [0, 0.1) is 11.6 Å². The Morgan fingerprint density at radius 3 is 2.12 bits per heavy atom. The second kappa shape index (κ2) is 8.96. The number of fused-ring (bicyclic) bond motifs is 3. The lowest BCUT2D eigenvalue weighted by molar-refractivity contribution is -0.137. The van der Waals surface area contributed by atoms with Gasteiger partial charge in [0.1, 0.15) is 18.2 Å². The van der Waals surface area contributed by atoms with E-state index in [1.165, 1.54) is 0 Å². The van der Waals surface area contributed by atoms with Crippen LogP contribution in [0.2, 0.25) is 5.02 Å². The molecule has 1 atom stereocenters. The van der Waals surface area contributed by atoms with Gasteiger partial charge in [0.15, 0.2) is 0 Å². The molecule has 0 bridgehead atoms. The average Bonchev–Trinajstić information content (AvgIpc) is 3.08. The second-order valence-electron chi connectivity index (χ2n) is 7.38. The molecule has 0 aromatic heterocycles. The zero-order valence-corrected chi connectivity index (χ0v) is 17.4. The molecular weight excluding hydrogens is 440 g/mol. The Morgan fingerprint density at radius 2 is 1.53 bits per heavy atom. The summed E-state index contributed by atoms with van der Waals surface area (Å²) in [6, 6.07) is 15.8. The molecule has 0 saturated carbocycles. The molecule has 1 amide bonds. The number of amides is 1. The number of hydrogen-bond acceptors (Lipinski definition) is 3. The Kier molecular flexibility index (Phi) is 6.10. The summed E-state index contributed by atoms with van der Waals surface area (Å²) in [4.78, 5) is 23.8. The van der Waals surface area contributed by atoms with Crippen LogP contribution in [0.15, 0.2) is 60.7 Å². The van der Waals surface area contributed by atoms with Crippen LogP contribution in [0.1, 0.15) is 35.1 Å². The maximum Gasteiger partial charge on any atom is 0.407 e. The van der Waals surface area contributed by atoms with Gasteiger partial charge in [0.2, 0.25) is 0 Å². The van der Waals surface area contributed by atoms with Gasteiger partial charge in [-0.3, -0.25) is 4.79 Å². The van der Waals surface area contributed by atoms with Crippen molar-refractivity contribution in [2.75, 3.05) is 6.61 Å². The molecular formula is C24H18ClF2NO4. The molecule has 3 aromatic rings. The van der Waals surface area contributed by atoms with E-state index in [0.717, 1.165) is 34.4 Å². The van der Waals surface area contributed by atoms with Crippen molar-refractivity contribution in [3.8, 4) is 11.1 Å². The number of nitrogens with one attached hydrogen (secondary N) is 1. The lowest BCUT2D eigenvalue weighted by atomic mass is 9.98. The van der Waals surface area contributed by atoms with E-state index in [1.807, 2.05) is 48.5 Å². The predicted octanol–water partition coefficient (Wildman–Crippen LogP) is 5.67. The zero-order chi connectivity index (χ0) is 22.8. The smallest absolute Gasteiger partial charge is 0.407 e. The maximum atomic E-state index is 14.3. The summed E-state index contributed by atoms with van der Waals surface area (Å²) < 4.78 is 33.5. The molecule has 0 fully saturated rings. The summed E-state index contributed by atoms with van der Waals surface area (Å²) in [5.41, 5.74) is 3.66. The molecule has 2 N–H and O–H groups in total. The monoisotopic (exact) mass is 457 g/mol. The first kappa shape index (κ1) is 21.8. The Bertz CT molecular complexity index is 1150. The second-order valence-corrected chi connectivity index (χ2v) is 7.76. The van der Waals surface area contributed by atoms with Crippen LogP contribution in [0.5, 0.6) is 0 Å². The molecule has 0 radical (unpaired) electrons. The van der Waals surface area contributed by atoms with Crippen molar-refractivity contribution in [3.05, 3.63) is 94.0 Å². The number of hydrogen-bond donors (Lipinski definition) is 2. The molecule has 0 heterocycles. The van der Waals surface area contributed by atoms with E-state index in [2.05, 4.69) is 5.32 Å². The minimum atomic E-state index is -1.41. The fraction of sp³-hybridized carbons (Fsp3) is 0.167. The third kappa shape index (κ3) is 4.16. The number of aliphatic carboxylic acids is 1. The molecule has 8 heteroatoms. The van der Waals surface area contributed by atoms with Crippen LogP contribution in [0.4, 0.5) is 13.6 Å². The summed E-state index contributed by atoms with van der Waals surface area (Å²) >= 11 is 5.85. The van der Waals surface area contributed by atoms with E-state index in [4.69, 9.17) is 16.3 Å². The molecule has 32 heavy (non-hydrogen) atoms. The van der Waals surface area contributed by atoms with Gasteiger partial charge in [-0.05, 0) is 34.4 Å². The summed E-state index contributed by atoms with van der Waals surface area (Å²) in [6.45, 7) is -0.0149. The Labute approximate surface area is 187 Å². The minimum absolute atomic E-state index is 0.0149. The zero-order valence-electron chi connectivity index (χ0n) is 16.6. The van der Waals surface area contributed by atoms with E-state index in [0.29, 0.717) is 0 Å². The molecule has 0 unspecified atom stereocenters. The highest BCUT2D eigenvalue weighted by Crippen LogP contribution is 2.44. The largest absolute Gasteiger partial charge is 0.481 e. The van der Waals surface area contributed by atoms with Gasteiger partial charge in [0.25, 0.3) is 0 Å². The SMILES string of the molecule is O=C(O)C[C@H](NC(=O)OCC1c2ccccc2-c2ccccc21)c1c(F)ccc(F)c1Cl. The summed E-state index contributed by atoms with van der Waals surface area (Å²) in [6.07, 6.45) is -1.66. The quantitative estimate of drug-likeness (QED) is 0.467. The minimum Gasteiger partial charge on any atom is -0.481 e. The van der Waals surface area contributed by atoms with Gasteiger partial charge in [-0.15, -0.1) is 0 Å². The predicted molar refractivity (Wildman–Crippen MR) is 115 cm³/mol. The molecule has 5 nitrogen and oxygen atoms in total. The Morgan fingerprint density at radius 1 is 0.969 bits per heavy atom. The number of halogens is 3. The van der Waals surface area contributed by atoms with Crippen LogP contribution in [-0.2, 0) is 9.53 Å². The average molecular weight is 458 g/mol. The highest BCUT2D eigenvalue weighted by Gasteiger charge is 2.30. The third-order valence-corrected chi connectivity index (χ3v) is 5.83. The van der Waals surface area contributed by atoms with Crippen LogP contribution in [-0.4, -0.2) is 23.8 Å². The van der Waals surface area contributed by atoms with Gasteiger partial charge in [-0.2, -0.15) is 0 Å². The van der Waals surface area contributed by atoms with E-state index in [1.54, 1.807) is 0 Å². The van der Waals surface area contributed by atoms with Crippen molar-refractivity contribution in [1.82, 2.24) is 5.32 Å². The normalized spacial score (nSPS) is 13.2. The fourth-order valence-corrected chi connectivity index (χ4v) is 4.33. The Hall–Kier alpha value is -3.45. The van der Waals surface area contributed by atoms with Gasteiger partial charge >= 0.3 is 12.1 Å². The first-order chi connectivity index (χ1) is 15.4.